The van der Waals surface area contributed by atoms with Gasteiger partial charge in [0.15, 0.2) is 0 Å². The van der Waals surface area contributed by atoms with Gasteiger partial charge in [0, 0.05) is 6.42 Å². The molecule has 3 N–H and O–H groups in total. The summed E-state index contributed by atoms with van der Waals surface area (Å²) in [7, 11) is 0. The molecule has 5 nitrogen and oxygen atoms in total. The highest BCUT2D eigenvalue weighted by molar-refractivity contribution is 5.85. The number of amides is 2. The molecule has 0 radical (unpaired) electrons. The third kappa shape index (κ3) is 4.61. The van der Waals surface area contributed by atoms with E-state index in [1.54, 1.807) is 0 Å². The van der Waals surface area contributed by atoms with E-state index in [2.05, 4.69) is 16.2 Å². The Morgan fingerprint density at radius 3 is 2.75 bits per heavy atom. The van der Waals surface area contributed by atoms with Crippen molar-refractivity contribution in [2.75, 3.05) is 6.54 Å². The Bertz CT molecular complexity index is 237. The molecule has 1 fully saturated rings. The van der Waals surface area contributed by atoms with Crippen LogP contribution in [-0.2, 0) is 9.59 Å². The van der Waals surface area contributed by atoms with Gasteiger partial charge < -0.3 is 5.32 Å². The maximum atomic E-state index is 11.6. The molecule has 1 atom stereocenters. The highest BCUT2D eigenvalue weighted by Gasteiger charge is 2.20. The van der Waals surface area contributed by atoms with Crippen LogP contribution in [-0.4, -0.2) is 24.4 Å². The van der Waals surface area contributed by atoms with Gasteiger partial charge >= 0.3 is 0 Å². The first-order chi connectivity index (χ1) is 7.74. The minimum atomic E-state index is -0.153. The van der Waals surface area contributed by atoms with Gasteiger partial charge in [-0.1, -0.05) is 19.8 Å². The van der Waals surface area contributed by atoms with Crippen molar-refractivity contribution >= 4 is 11.8 Å². The summed E-state index contributed by atoms with van der Waals surface area (Å²) in [5, 5.41) is 3.12. The summed E-state index contributed by atoms with van der Waals surface area (Å²) in [4.78, 5) is 22.8. The van der Waals surface area contributed by atoms with Crippen LogP contribution in [0.2, 0.25) is 0 Å². The van der Waals surface area contributed by atoms with Crippen molar-refractivity contribution in [2.45, 2.75) is 51.5 Å². The number of hydrogen-bond acceptors (Lipinski definition) is 3. The van der Waals surface area contributed by atoms with E-state index in [0.29, 0.717) is 6.42 Å². The Hall–Kier alpha value is -1.10. The highest BCUT2D eigenvalue weighted by Crippen LogP contribution is 2.06. The van der Waals surface area contributed by atoms with E-state index in [9.17, 15) is 9.59 Å². The van der Waals surface area contributed by atoms with Crippen LogP contribution < -0.4 is 16.2 Å². The number of rotatable bonds is 4. The smallest absolute Gasteiger partial charge is 0.255 e. The normalized spacial score (nSPS) is 20.2. The molecule has 1 aliphatic heterocycles. The zero-order chi connectivity index (χ0) is 11.8. The van der Waals surface area contributed by atoms with Crippen LogP contribution >= 0.6 is 0 Å². The molecule has 1 heterocycles. The molecule has 1 saturated heterocycles. The van der Waals surface area contributed by atoms with E-state index < -0.39 is 0 Å². The minimum Gasteiger partial charge on any atom is -0.306 e. The van der Waals surface area contributed by atoms with Gasteiger partial charge in [0.05, 0.1) is 6.04 Å². The summed E-state index contributed by atoms with van der Waals surface area (Å²) in [6.45, 7) is 2.90. The lowest BCUT2D eigenvalue weighted by Crippen LogP contribution is -2.52. The molecule has 5 heteroatoms. The summed E-state index contributed by atoms with van der Waals surface area (Å²) in [5.41, 5.74) is 4.90. The van der Waals surface area contributed by atoms with Gasteiger partial charge in [0.25, 0.3) is 5.91 Å². The van der Waals surface area contributed by atoms with E-state index in [1.807, 2.05) is 6.92 Å². The lowest BCUT2D eigenvalue weighted by molar-refractivity contribution is -0.130. The third-order valence-corrected chi connectivity index (χ3v) is 2.71. The summed E-state index contributed by atoms with van der Waals surface area (Å²) in [6.07, 6.45) is 5.32. The van der Waals surface area contributed by atoms with Crippen molar-refractivity contribution in [2.24, 2.45) is 0 Å². The van der Waals surface area contributed by atoms with E-state index >= 15 is 0 Å². The summed E-state index contributed by atoms with van der Waals surface area (Å²) >= 11 is 0. The van der Waals surface area contributed by atoms with Crippen molar-refractivity contribution < 1.29 is 9.59 Å². The molecular weight excluding hydrogens is 206 g/mol. The van der Waals surface area contributed by atoms with Gasteiger partial charge in [0.1, 0.15) is 0 Å². The second kappa shape index (κ2) is 7.22. The molecule has 0 saturated carbocycles. The average Bonchev–Trinajstić information content (AvgIpc) is 2.34. The molecule has 0 aromatic carbocycles. The van der Waals surface area contributed by atoms with Crippen LogP contribution in [0.1, 0.15) is 45.4 Å². The Morgan fingerprint density at radius 1 is 1.31 bits per heavy atom. The second-order valence-corrected chi connectivity index (χ2v) is 4.14. The molecule has 0 bridgehead atoms. The molecule has 0 aromatic heterocycles. The van der Waals surface area contributed by atoms with Gasteiger partial charge in [-0.15, -0.1) is 0 Å². The molecule has 1 rings (SSSR count). The Morgan fingerprint density at radius 2 is 2.12 bits per heavy atom. The third-order valence-electron chi connectivity index (χ3n) is 2.71. The molecular formula is C11H21N3O2. The van der Waals surface area contributed by atoms with E-state index in [1.165, 1.54) is 0 Å². The molecule has 2 amide bonds. The molecule has 92 valence electrons. The topological polar surface area (TPSA) is 70.2 Å². The Kier molecular flexibility index (Phi) is 5.85. The highest BCUT2D eigenvalue weighted by atomic mass is 16.2. The molecule has 0 aliphatic carbocycles. The Labute approximate surface area is 96.3 Å². The number of hydrogen-bond donors (Lipinski definition) is 3. The van der Waals surface area contributed by atoms with Crippen LogP contribution in [0.25, 0.3) is 0 Å². The summed E-state index contributed by atoms with van der Waals surface area (Å²) in [6, 6.07) is -0.153. The largest absolute Gasteiger partial charge is 0.306 e. The molecule has 0 unspecified atom stereocenters. The van der Waals surface area contributed by atoms with Crippen molar-refractivity contribution in [3.05, 3.63) is 0 Å². The summed E-state index contributed by atoms with van der Waals surface area (Å²) < 4.78 is 0. The molecule has 16 heavy (non-hydrogen) atoms. The standard InChI is InChI=1S/C11H21N3O2/c1-2-3-7-10(15)13-14-11(16)9-6-4-5-8-12-9/h9,12H,2-8H2,1H3,(H,13,15)(H,14,16)/t9-/m0/s1. The van der Waals surface area contributed by atoms with Crippen LogP contribution in [0.5, 0.6) is 0 Å². The number of carbonyl (C=O) groups is 2. The van der Waals surface area contributed by atoms with Crippen LogP contribution in [0.4, 0.5) is 0 Å². The first-order valence-electron chi connectivity index (χ1n) is 6.06. The zero-order valence-corrected chi connectivity index (χ0v) is 9.84. The first-order valence-corrected chi connectivity index (χ1v) is 6.06. The number of carbonyl (C=O) groups excluding carboxylic acids is 2. The molecule has 0 aromatic rings. The van der Waals surface area contributed by atoms with E-state index in [4.69, 9.17) is 0 Å². The predicted octanol–water partition coefficient (Wildman–Crippen LogP) is 0.466. The first kappa shape index (κ1) is 13.0. The minimum absolute atomic E-state index is 0.119. The molecule has 0 spiro atoms. The second-order valence-electron chi connectivity index (χ2n) is 4.14. The SMILES string of the molecule is CCCCC(=O)NNC(=O)[C@@H]1CCCCN1. The fraction of sp³-hybridized carbons (Fsp3) is 0.818. The van der Waals surface area contributed by atoms with Gasteiger partial charge in [-0.05, 0) is 25.8 Å². The van der Waals surface area contributed by atoms with Crippen LogP contribution in [0.3, 0.4) is 0 Å². The maximum absolute atomic E-state index is 11.6. The predicted molar refractivity (Wildman–Crippen MR) is 61.5 cm³/mol. The fourth-order valence-electron chi connectivity index (χ4n) is 1.69. The maximum Gasteiger partial charge on any atom is 0.255 e. The van der Waals surface area contributed by atoms with Crippen molar-refractivity contribution in [3.63, 3.8) is 0 Å². The molecule has 1 aliphatic rings. The fourth-order valence-corrected chi connectivity index (χ4v) is 1.69. The number of piperidine rings is 1. The van der Waals surface area contributed by atoms with Crippen molar-refractivity contribution in [1.29, 1.82) is 0 Å². The van der Waals surface area contributed by atoms with E-state index in [0.717, 1.165) is 38.6 Å². The van der Waals surface area contributed by atoms with Gasteiger partial charge in [-0.25, -0.2) is 0 Å². The lowest BCUT2D eigenvalue weighted by atomic mass is 10.0. The van der Waals surface area contributed by atoms with Gasteiger partial charge in [-0.3, -0.25) is 20.4 Å². The number of nitrogens with one attached hydrogen (secondary N) is 3. The summed E-state index contributed by atoms with van der Waals surface area (Å²) in [5.74, 6) is -0.254. The van der Waals surface area contributed by atoms with Gasteiger partial charge in [0.2, 0.25) is 5.91 Å². The monoisotopic (exact) mass is 227 g/mol. The Balaban J connectivity index is 2.15. The number of unbranched alkanes of at least 4 members (excludes halogenated alkanes) is 1. The van der Waals surface area contributed by atoms with E-state index in [-0.39, 0.29) is 17.9 Å². The van der Waals surface area contributed by atoms with Crippen LogP contribution in [0.15, 0.2) is 0 Å². The van der Waals surface area contributed by atoms with Crippen molar-refractivity contribution in [3.8, 4) is 0 Å². The zero-order valence-electron chi connectivity index (χ0n) is 9.84. The van der Waals surface area contributed by atoms with Crippen molar-refractivity contribution in [1.82, 2.24) is 16.2 Å². The van der Waals surface area contributed by atoms with Crippen LogP contribution in [0, 0.1) is 0 Å². The lowest BCUT2D eigenvalue weighted by Gasteiger charge is -2.22. The average molecular weight is 227 g/mol. The van der Waals surface area contributed by atoms with Gasteiger partial charge in [-0.2, -0.15) is 0 Å². The number of hydrazine groups is 1. The quantitative estimate of drug-likeness (QED) is 0.611.